The highest BCUT2D eigenvalue weighted by atomic mass is 16.5. The third-order valence-electron chi connectivity index (χ3n) is 2.83. The van der Waals surface area contributed by atoms with Crippen LogP contribution in [0, 0.1) is 0 Å². The van der Waals surface area contributed by atoms with E-state index in [1.54, 1.807) is 0 Å². The molecule has 0 aliphatic heterocycles. The Balaban J connectivity index is 2.13. The standard InChI is InChI=1S/C14H17NO2/c1-2-17-9-3-7-15-8-6-13-5-4-12(11-16)10-14(13)15/h4-6,8,10-11H,2-3,7,9H2,1H3. The van der Waals surface area contributed by atoms with Gasteiger partial charge < -0.3 is 9.30 Å². The van der Waals surface area contributed by atoms with Crippen molar-refractivity contribution in [2.45, 2.75) is 19.9 Å². The van der Waals surface area contributed by atoms with E-state index in [4.69, 9.17) is 4.74 Å². The van der Waals surface area contributed by atoms with Crippen molar-refractivity contribution in [3.8, 4) is 0 Å². The second-order valence-electron chi connectivity index (χ2n) is 4.00. The Kier molecular flexibility index (Phi) is 3.94. The zero-order valence-corrected chi connectivity index (χ0v) is 10.1. The molecule has 0 fully saturated rings. The number of rotatable bonds is 6. The lowest BCUT2D eigenvalue weighted by atomic mass is 10.2. The van der Waals surface area contributed by atoms with Gasteiger partial charge in [-0.25, -0.2) is 0 Å². The molecule has 90 valence electrons. The Morgan fingerprint density at radius 1 is 1.35 bits per heavy atom. The van der Waals surface area contributed by atoms with Crippen LogP contribution < -0.4 is 0 Å². The van der Waals surface area contributed by atoms with Crippen LogP contribution in [0.4, 0.5) is 0 Å². The minimum Gasteiger partial charge on any atom is -0.382 e. The van der Waals surface area contributed by atoms with Crippen molar-refractivity contribution >= 4 is 17.2 Å². The highest BCUT2D eigenvalue weighted by Gasteiger charge is 2.01. The van der Waals surface area contributed by atoms with Crippen molar-refractivity contribution in [2.75, 3.05) is 13.2 Å². The number of ether oxygens (including phenoxy) is 1. The maximum atomic E-state index is 10.8. The van der Waals surface area contributed by atoms with Gasteiger partial charge in [-0.2, -0.15) is 0 Å². The summed E-state index contributed by atoms with van der Waals surface area (Å²) in [4.78, 5) is 10.8. The molecule has 3 nitrogen and oxygen atoms in total. The molecule has 0 amide bonds. The third kappa shape index (κ3) is 2.74. The quantitative estimate of drug-likeness (QED) is 0.565. The molecule has 0 radical (unpaired) electrons. The maximum Gasteiger partial charge on any atom is 0.150 e. The van der Waals surface area contributed by atoms with Gasteiger partial charge in [-0.05, 0) is 30.9 Å². The van der Waals surface area contributed by atoms with Crippen LogP contribution in [-0.4, -0.2) is 24.1 Å². The molecule has 0 unspecified atom stereocenters. The molecular formula is C14H17NO2. The van der Waals surface area contributed by atoms with Gasteiger partial charge >= 0.3 is 0 Å². The molecular weight excluding hydrogens is 214 g/mol. The topological polar surface area (TPSA) is 31.2 Å². The van der Waals surface area contributed by atoms with Crippen molar-refractivity contribution in [1.82, 2.24) is 4.57 Å². The highest BCUT2D eigenvalue weighted by Crippen LogP contribution is 2.17. The number of hydrogen-bond donors (Lipinski definition) is 0. The van der Waals surface area contributed by atoms with Crippen molar-refractivity contribution in [3.63, 3.8) is 0 Å². The molecule has 0 saturated heterocycles. The summed E-state index contributed by atoms with van der Waals surface area (Å²) in [5, 5.41) is 1.17. The molecule has 0 bridgehead atoms. The van der Waals surface area contributed by atoms with Gasteiger partial charge in [0, 0.05) is 37.0 Å². The number of carbonyl (C=O) groups is 1. The van der Waals surface area contributed by atoms with E-state index in [0.29, 0.717) is 0 Å². The van der Waals surface area contributed by atoms with Crippen LogP contribution in [0.15, 0.2) is 30.5 Å². The van der Waals surface area contributed by atoms with Crippen LogP contribution in [0.5, 0.6) is 0 Å². The SMILES string of the molecule is CCOCCCn1ccc2ccc(C=O)cc21. The van der Waals surface area contributed by atoms with E-state index in [-0.39, 0.29) is 0 Å². The van der Waals surface area contributed by atoms with Crippen molar-refractivity contribution in [1.29, 1.82) is 0 Å². The molecule has 1 heterocycles. The highest BCUT2D eigenvalue weighted by molar-refractivity contribution is 5.87. The number of carbonyl (C=O) groups excluding carboxylic acids is 1. The minimum atomic E-state index is 0.724. The van der Waals surface area contributed by atoms with Gasteiger partial charge in [-0.15, -0.1) is 0 Å². The van der Waals surface area contributed by atoms with Crippen LogP contribution >= 0.6 is 0 Å². The molecule has 0 aliphatic carbocycles. The molecule has 17 heavy (non-hydrogen) atoms. The largest absolute Gasteiger partial charge is 0.382 e. The van der Waals surface area contributed by atoms with E-state index in [9.17, 15) is 4.79 Å². The fourth-order valence-electron chi connectivity index (χ4n) is 1.95. The monoisotopic (exact) mass is 231 g/mol. The lowest BCUT2D eigenvalue weighted by Crippen LogP contribution is -2.01. The third-order valence-corrected chi connectivity index (χ3v) is 2.83. The molecule has 1 aromatic carbocycles. The second-order valence-corrected chi connectivity index (χ2v) is 4.00. The average Bonchev–Trinajstić information content (AvgIpc) is 2.77. The lowest BCUT2D eigenvalue weighted by Gasteiger charge is -2.05. The van der Waals surface area contributed by atoms with Crippen LogP contribution in [0.1, 0.15) is 23.7 Å². The fourth-order valence-corrected chi connectivity index (χ4v) is 1.95. The Morgan fingerprint density at radius 3 is 3.00 bits per heavy atom. The van der Waals surface area contributed by atoms with Crippen molar-refractivity contribution in [3.05, 3.63) is 36.0 Å². The number of nitrogens with zero attached hydrogens (tertiary/aromatic N) is 1. The normalized spacial score (nSPS) is 10.9. The van der Waals surface area contributed by atoms with Crippen LogP contribution in [0.2, 0.25) is 0 Å². The first kappa shape index (κ1) is 11.9. The van der Waals surface area contributed by atoms with Gasteiger partial charge in [0.05, 0.1) is 0 Å². The van der Waals surface area contributed by atoms with E-state index in [2.05, 4.69) is 16.8 Å². The van der Waals surface area contributed by atoms with E-state index < -0.39 is 0 Å². The van der Waals surface area contributed by atoms with Crippen molar-refractivity contribution in [2.24, 2.45) is 0 Å². The minimum absolute atomic E-state index is 0.724. The van der Waals surface area contributed by atoms with Gasteiger partial charge in [0.2, 0.25) is 0 Å². The maximum absolute atomic E-state index is 10.8. The number of fused-ring (bicyclic) bond motifs is 1. The van der Waals surface area contributed by atoms with E-state index in [1.165, 1.54) is 5.39 Å². The summed E-state index contributed by atoms with van der Waals surface area (Å²) in [6.45, 7) is 4.47. The average molecular weight is 231 g/mol. The summed E-state index contributed by atoms with van der Waals surface area (Å²) >= 11 is 0. The number of aryl methyl sites for hydroxylation is 1. The van der Waals surface area contributed by atoms with Gasteiger partial charge in [-0.1, -0.05) is 12.1 Å². The summed E-state index contributed by atoms with van der Waals surface area (Å²) in [7, 11) is 0. The lowest BCUT2D eigenvalue weighted by molar-refractivity contribution is 0.112. The number of benzene rings is 1. The molecule has 0 saturated carbocycles. The first-order valence-electron chi connectivity index (χ1n) is 5.97. The Bertz CT molecular complexity index is 502. The van der Waals surface area contributed by atoms with Gasteiger partial charge in [-0.3, -0.25) is 4.79 Å². The summed E-state index contributed by atoms with van der Waals surface area (Å²) < 4.78 is 7.49. The molecule has 3 heteroatoms. The van der Waals surface area contributed by atoms with E-state index in [0.717, 1.165) is 43.5 Å². The molecule has 2 aromatic rings. The number of aromatic nitrogens is 1. The van der Waals surface area contributed by atoms with Gasteiger partial charge in [0.15, 0.2) is 0 Å². The zero-order valence-electron chi connectivity index (χ0n) is 10.1. The smallest absolute Gasteiger partial charge is 0.150 e. The number of aldehydes is 1. The fraction of sp³-hybridized carbons (Fsp3) is 0.357. The van der Waals surface area contributed by atoms with Gasteiger partial charge in [0.25, 0.3) is 0 Å². The zero-order chi connectivity index (χ0) is 12.1. The number of hydrogen-bond acceptors (Lipinski definition) is 2. The van der Waals surface area contributed by atoms with E-state index in [1.807, 2.05) is 25.1 Å². The summed E-state index contributed by atoms with van der Waals surface area (Å²) in [6.07, 6.45) is 3.94. The Hall–Kier alpha value is -1.61. The van der Waals surface area contributed by atoms with E-state index >= 15 is 0 Å². The van der Waals surface area contributed by atoms with Crippen LogP contribution in [0.3, 0.4) is 0 Å². The molecule has 0 atom stereocenters. The molecule has 1 aromatic heterocycles. The van der Waals surface area contributed by atoms with Crippen LogP contribution in [-0.2, 0) is 11.3 Å². The van der Waals surface area contributed by atoms with Crippen molar-refractivity contribution < 1.29 is 9.53 Å². The first-order chi connectivity index (χ1) is 8.35. The van der Waals surface area contributed by atoms with Gasteiger partial charge in [0.1, 0.15) is 6.29 Å². The Morgan fingerprint density at radius 2 is 2.24 bits per heavy atom. The van der Waals surface area contributed by atoms with Crippen LogP contribution in [0.25, 0.3) is 10.9 Å². The molecule has 0 spiro atoms. The predicted molar refractivity (Wildman–Crippen MR) is 68.4 cm³/mol. The second kappa shape index (κ2) is 5.64. The molecule has 0 aliphatic rings. The Labute approximate surface area is 101 Å². The summed E-state index contributed by atoms with van der Waals surface area (Å²) in [5.41, 5.74) is 1.84. The molecule has 0 N–H and O–H groups in total. The summed E-state index contributed by atoms with van der Waals surface area (Å²) in [5.74, 6) is 0. The summed E-state index contributed by atoms with van der Waals surface area (Å²) in [6, 6.07) is 7.84. The predicted octanol–water partition coefficient (Wildman–Crippen LogP) is 2.88. The first-order valence-corrected chi connectivity index (χ1v) is 5.97. The molecule has 2 rings (SSSR count).